The van der Waals surface area contributed by atoms with Gasteiger partial charge >= 0.3 is 0 Å². The molecule has 88 valence electrons. The Bertz CT molecular complexity index is 180. The number of hydrogen-bond acceptors (Lipinski definition) is 3. The molecule has 1 heterocycles. The van der Waals surface area contributed by atoms with Crippen LogP contribution in [-0.2, 0) is 9.47 Å². The van der Waals surface area contributed by atoms with Crippen molar-refractivity contribution < 1.29 is 9.47 Å². The molecule has 1 saturated heterocycles. The standard InChI is InChI=1S/C12H23NO2/c13-11-6-7-14-9-12(11)15-8-10-4-2-1-3-5-10/h10-12H,1-9,13H2. The highest BCUT2D eigenvalue weighted by Gasteiger charge is 2.24. The van der Waals surface area contributed by atoms with Gasteiger partial charge in [-0.1, -0.05) is 19.3 Å². The number of nitrogens with two attached hydrogens (primary N) is 1. The zero-order valence-corrected chi connectivity index (χ0v) is 9.49. The first-order valence-electron chi connectivity index (χ1n) is 6.31. The largest absolute Gasteiger partial charge is 0.379 e. The van der Waals surface area contributed by atoms with E-state index in [0.717, 1.165) is 25.6 Å². The molecule has 2 fully saturated rings. The Balaban J connectivity index is 1.67. The highest BCUT2D eigenvalue weighted by Crippen LogP contribution is 2.24. The highest BCUT2D eigenvalue weighted by molar-refractivity contribution is 4.77. The summed E-state index contributed by atoms with van der Waals surface area (Å²) in [6.07, 6.45) is 7.91. The number of hydrogen-bond donors (Lipinski definition) is 1. The average molecular weight is 213 g/mol. The summed E-state index contributed by atoms with van der Waals surface area (Å²) in [6.45, 7) is 2.38. The smallest absolute Gasteiger partial charge is 0.0959 e. The molecule has 0 aromatic carbocycles. The third kappa shape index (κ3) is 3.44. The summed E-state index contributed by atoms with van der Waals surface area (Å²) in [4.78, 5) is 0. The van der Waals surface area contributed by atoms with Gasteiger partial charge in [0.25, 0.3) is 0 Å². The van der Waals surface area contributed by atoms with Crippen LogP contribution in [0, 0.1) is 5.92 Å². The molecule has 2 N–H and O–H groups in total. The Labute approximate surface area is 92.3 Å². The summed E-state index contributed by atoms with van der Waals surface area (Å²) in [5.41, 5.74) is 5.99. The fourth-order valence-corrected chi connectivity index (χ4v) is 2.51. The van der Waals surface area contributed by atoms with Crippen molar-refractivity contribution >= 4 is 0 Å². The van der Waals surface area contributed by atoms with Crippen LogP contribution in [0.2, 0.25) is 0 Å². The Hall–Kier alpha value is -0.120. The molecule has 3 nitrogen and oxygen atoms in total. The van der Waals surface area contributed by atoms with Gasteiger partial charge in [0.15, 0.2) is 0 Å². The molecule has 3 heteroatoms. The quantitative estimate of drug-likeness (QED) is 0.776. The van der Waals surface area contributed by atoms with Crippen molar-refractivity contribution in [2.45, 2.75) is 50.7 Å². The molecule has 1 aliphatic heterocycles. The van der Waals surface area contributed by atoms with Crippen LogP contribution in [0.5, 0.6) is 0 Å². The van der Waals surface area contributed by atoms with Gasteiger partial charge in [0, 0.05) is 19.3 Å². The predicted octanol–water partition coefficient (Wildman–Crippen LogP) is 1.70. The lowest BCUT2D eigenvalue weighted by Gasteiger charge is -2.31. The van der Waals surface area contributed by atoms with Crippen molar-refractivity contribution in [2.24, 2.45) is 11.7 Å². The summed E-state index contributed by atoms with van der Waals surface area (Å²) >= 11 is 0. The van der Waals surface area contributed by atoms with E-state index in [-0.39, 0.29) is 12.1 Å². The molecule has 2 unspecified atom stereocenters. The van der Waals surface area contributed by atoms with Crippen LogP contribution in [0.3, 0.4) is 0 Å². The van der Waals surface area contributed by atoms with Crippen LogP contribution in [-0.4, -0.2) is 32.0 Å². The van der Waals surface area contributed by atoms with Crippen molar-refractivity contribution in [2.75, 3.05) is 19.8 Å². The summed E-state index contributed by atoms with van der Waals surface area (Å²) < 4.78 is 11.3. The topological polar surface area (TPSA) is 44.5 Å². The van der Waals surface area contributed by atoms with E-state index in [4.69, 9.17) is 15.2 Å². The van der Waals surface area contributed by atoms with E-state index in [1.54, 1.807) is 0 Å². The van der Waals surface area contributed by atoms with E-state index in [1.807, 2.05) is 0 Å². The Morgan fingerprint density at radius 3 is 2.67 bits per heavy atom. The number of ether oxygens (including phenoxy) is 2. The summed E-state index contributed by atoms with van der Waals surface area (Å²) in [5, 5.41) is 0. The van der Waals surface area contributed by atoms with Crippen molar-refractivity contribution in [1.82, 2.24) is 0 Å². The molecule has 0 spiro atoms. The van der Waals surface area contributed by atoms with Gasteiger partial charge in [0.05, 0.1) is 12.7 Å². The van der Waals surface area contributed by atoms with Gasteiger partial charge in [-0.15, -0.1) is 0 Å². The lowest BCUT2D eigenvalue weighted by Crippen LogP contribution is -2.45. The van der Waals surface area contributed by atoms with Gasteiger partial charge < -0.3 is 15.2 Å². The predicted molar refractivity (Wildman–Crippen MR) is 59.7 cm³/mol. The normalized spacial score (nSPS) is 34.2. The number of rotatable bonds is 3. The van der Waals surface area contributed by atoms with Gasteiger partial charge in [-0.2, -0.15) is 0 Å². The van der Waals surface area contributed by atoms with Gasteiger partial charge in [-0.25, -0.2) is 0 Å². The van der Waals surface area contributed by atoms with Gasteiger partial charge in [0.2, 0.25) is 0 Å². The minimum Gasteiger partial charge on any atom is -0.379 e. The third-order valence-electron chi connectivity index (χ3n) is 3.63. The van der Waals surface area contributed by atoms with Crippen molar-refractivity contribution in [3.8, 4) is 0 Å². The van der Waals surface area contributed by atoms with Crippen LogP contribution >= 0.6 is 0 Å². The minimum absolute atomic E-state index is 0.140. The summed E-state index contributed by atoms with van der Waals surface area (Å²) in [7, 11) is 0. The molecule has 0 radical (unpaired) electrons. The maximum absolute atomic E-state index is 5.99. The van der Waals surface area contributed by atoms with Crippen molar-refractivity contribution in [3.63, 3.8) is 0 Å². The van der Waals surface area contributed by atoms with E-state index in [2.05, 4.69) is 0 Å². The minimum atomic E-state index is 0.140. The molecule has 2 rings (SSSR count). The molecular weight excluding hydrogens is 190 g/mol. The molecule has 15 heavy (non-hydrogen) atoms. The zero-order chi connectivity index (χ0) is 10.5. The van der Waals surface area contributed by atoms with E-state index >= 15 is 0 Å². The molecule has 0 aromatic heterocycles. The van der Waals surface area contributed by atoms with Crippen molar-refractivity contribution in [1.29, 1.82) is 0 Å². The molecule has 0 amide bonds. The lowest BCUT2D eigenvalue weighted by molar-refractivity contribution is -0.0729. The first-order chi connectivity index (χ1) is 7.36. The molecule has 1 saturated carbocycles. The zero-order valence-electron chi connectivity index (χ0n) is 9.49. The summed E-state index contributed by atoms with van der Waals surface area (Å²) in [6, 6.07) is 0.183. The second kappa shape index (κ2) is 5.83. The van der Waals surface area contributed by atoms with Crippen LogP contribution in [0.25, 0.3) is 0 Å². The van der Waals surface area contributed by atoms with Gasteiger partial charge in [-0.05, 0) is 25.2 Å². The Kier molecular flexibility index (Phi) is 4.42. The second-order valence-corrected chi connectivity index (χ2v) is 4.90. The Morgan fingerprint density at radius 2 is 1.93 bits per heavy atom. The fourth-order valence-electron chi connectivity index (χ4n) is 2.51. The van der Waals surface area contributed by atoms with E-state index in [9.17, 15) is 0 Å². The maximum atomic E-state index is 5.99. The molecule has 0 aromatic rings. The summed E-state index contributed by atoms with van der Waals surface area (Å²) in [5.74, 6) is 0.771. The molecule has 0 bridgehead atoms. The third-order valence-corrected chi connectivity index (χ3v) is 3.63. The average Bonchev–Trinajstić information content (AvgIpc) is 2.29. The fraction of sp³-hybridized carbons (Fsp3) is 1.00. The van der Waals surface area contributed by atoms with Crippen LogP contribution in [0.4, 0.5) is 0 Å². The van der Waals surface area contributed by atoms with E-state index < -0.39 is 0 Å². The van der Waals surface area contributed by atoms with Crippen LogP contribution in [0.1, 0.15) is 38.5 Å². The highest BCUT2D eigenvalue weighted by atomic mass is 16.5. The van der Waals surface area contributed by atoms with E-state index in [0.29, 0.717) is 6.61 Å². The lowest BCUT2D eigenvalue weighted by atomic mass is 9.90. The van der Waals surface area contributed by atoms with E-state index in [1.165, 1.54) is 32.1 Å². The van der Waals surface area contributed by atoms with Crippen LogP contribution < -0.4 is 5.73 Å². The van der Waals surface area contributed by atoms with Crippen molar-refractivity contribution in [3.05, 3.63) is 0 Å². The molecule has 2 atom stereocenters. The SMILES string of the molecule is NC1CCOCC1OCC1CCCCC1. The van der Waals surface area contributed by atoms with Gasteiger partial charge in [0.1, 0.15) is 0 Å². The first-order valence-corrected chi connectivity index (χ1v) is 6.31. The Morgan fingerprint density at radius 1 is 1.13 bits per heavy atom. The molecule has 2 aliphatic rings. The second-order valence-electron chi connectivity index (χ2n) is 4.90. The molecule has 1 aliphatic carbocycles. The molecular formula is C12H23NO2. The monoisotopic (exact) mass is 213 g/mol. The van der Waals surface area contributed by atoms with Gasteiger partial charge in [-0.3, -0.25) is 0 Å². The maximum Gasteiger partial charge on any atom is 0.0959 e. The first kappa shape index (κ1) is 11.4. The van der Waals surface area contributed by atoms with Crippen LogP contribution in [0.15, 0.2) is 0 Å².